The Morgan fingerprint density at radius 1 is 1.54 bits per heavy atom. The molecule has 1 aliphatic carbocycles. The van der Waals surface area contributed by atoms with Gasteiger partial charge in [0, 0.05) is 26.2 Å². The van der Waals surface area contributed by atoms with E-state index in [-0.39, 0.29) is 35.7 Å². The van der Waals surface area contributed by atoms with Crippen LogP contribution in [0.5, 0.6) is 5.88 Å². The highest BCUT2D eigenvalue weighted by Gasteiger charge is 2.57. The molecule has 1 aromatic heterocycles. The van der Waals surface area contributed by atoms with E-state index in [2.05, 4.69) is 15.0 Å². The lowest BCUT2D eigenvalue weighted by Gasteiger charge is -2.35. The number of rotatable bonds is 5. The van der Waals surface area contributed by atoms with Gasteiger partial charge in [-0.05, 0) is 11.6 Å². The molecule has 2 atom stereocenters. The second-order valence-corrected chi connectivity index (χ2v) is 7.07. The molecule has 1 unspecified atom stereocenters. The van der Waals surface area contributed by atoms with E-state index in [9.17, 15) is 22.8 Å². The molecule has 11 heteroatoms. The molecule has 2 amide bonds. The summed E-state index contributed by atoms with van der Waals surface area (Å²) in [5.74, 6) is -1.54. The average molecular weight is 417 g/mol. The molecule has 2 N–H and O–H groups in total. The van der Waals surface area contributed by atoms with Crippen molar-refractivity contribution in [2.45, 2.75) is 19.6 Å². The van der Waals surface area contributed by atoms with E-state index >= 15 is 0 Å². The summed E-state index contributed by atoms with van der Waals surface area (Å²) < 4.78 is 41.3. The molecule has 0 aromatic carbocycles. The maximum atomic E-state index is 12.6. The number of amidine groups is 1. The fourth-order valence-electron chi connectivity index (χ4n) is 3.24. The Hall–Kier alpha value is -2.62. The zero-order valence-corrected chi connectivity index (χ0v) is 15.4. The molecule has 150 valence electrons. The highest BCUT2D eigenvalue weighted by molar-refractivity contribution is 6.31. The van der Waals surface area contributed by atoms with Crippen molar-refractivity contribution in [3.05, 3.63) is 35.0 Å². The van der Waals surface area contributed by atoms with Crippen LogP contribution in [0.15, 0.2) is 24.4 Å². The third-order valence-corrected chi connectivity index (χ3v) is 4.82. The lowest BCUT2D eigenvalue weighted by molar-refractivity contribution is -0.154. The van der Waals surface area contributed by atoms with Gasteiger partial charge in [-0.1, -0.05) is 23.8 Å². The molecule has 3 rings (SSSR count). The largest absolute Gasteiger partial charge is 0.467 e. The minimum absolute atomic E-state index is 0.0459. The van der Waals surface area contributed by atoms with E-state index in [1.807, 2.05) is 0 Å². The SMILES string of the molecule is CC(=O)NC(=N)[C@]12C=CC1C(=O)N(Cc1cnc(OCC(F)(F)F)c(Cl)c1)C2. The number of fused-ring (bicyclic) bond motifs is 1. The summed E-state index contributed by atoms with van der Waals surface area (Å²) in [7, 11) is 0. The van der Waals surface area contributed by atoms with Gasteiger partial charge in [-0.2, -0.15) is 13.2 Å². The first-order chi connectivity index (χ1) is 13.0. The number of hydrogen-bond acceptors (Lipinski definition) is 5. The van der Waals surface area contributed by atoms with Crippen molar-refractivity contribution in [2.24, 2.45) is 11.3 Å². The number of ether oxygens (including phenoxy) is 1. The Bertz CT molecular complexity index is 874. The van der Waals surface area contributed by atoms with Gasteiger partial charge in [-0.15, -0.1) is 0 Å². The van der Waals surface area contributed by atoms with E-state index in [1.165, 1.54) is 24.1 Å². The second kappa shape index (κ2) is 7.08. The van der Waals surface area contributed by atoms with Gasteiger partial charge >= 0.3 is 6.18 Å². The van der Waals surface area contributed by atoms with Gasteiger partial charge in [0.05, 0.1) is 11.3 Å². The summed E-state index contributed by atoms with van der Waals surface area (Å²) in [6, 6.07) is 1.38. The number of nitrogens with one attached hydrogen (secondary N) is 2. The number of halogens is 4. The maximum absolute atomic E-state index is 12.6. The molecule has 28 heavy (non-hydrogen) atoms. The highest BCUT2D eigenvalue weighted by Crippen LogP contribution is 2.47. The standard InChI is InChI=1S/C17H16ClF3N4O3/c1-9(26)24-15(22)16-3-2-11(16)14(27)25(7-16)6-10-4-12(18)13(23-5-10)28-8-17(19,20)21/h2-5,11H,6-8H2,1H3,(H2,22,24,26)/t11?,16-/m0/s1. The molecular weight excluding hydrogens is 401 g/mol. The van der Waals surface area contributed by atoms with Crippen molar-refractivity contribution < 1.29 is 27.5 Å². The molecule has 2 aliphatic rings. The number of aromatic nitrogens is 1. The number of nitrogens with zero attached hydrogens (tertiary/aromatic N) is 2. The van der Waals surface area contributed by atoms with Crippen LogP contribution in [0.3, 0.4) is 0 Å². The van der Waals surface area contributed by atoms with Crippen LogP contribution in [0.2, 0.25) is 5.02 Å². The molecule has 1 saturated heterocycles. The average Bonchev–Trinajstić information content (AvgIpc) is 2.72. The molecule has 1 aromatic rings. The Morgan fingerprint density at radius 2 is 2.25 bits per heavy atom. The predicted octanol–water partition coefficient (Wildman–Crippen LogP) is 2.30. The Balaban J connectivity index is 1.69. The zero-order chi connectivity index (χ0) is 20.7. The van der Waals surface area contributed by atoms with E-state index < -0.39 is 30.0 Å². The Labute approximate surface area is 163 Å². The predicted molar refractivity (Wildman–Crippen MR) is 92.8 cm³/mol. The number of likely N-dealkylation sites (tertiary alicyclic amines) is 1. The summed E-state index contributed by atoms with van der Waals surface area (Å²) in [5, 5.41) is 10.4. The van der Waals surface area contributed by atoms with Crippen LogP contribution in [0.25, 0.3) is 0 Å². The third-order valence-electron chi connectivity index (χ3n) is 4.55. The van der Waals surface area contributed by atoms with Gasteiger partial charge in [-0.25, -0.2) is 4.98 Å². The van der Waals surface area contributed by atoms with Gasteiger partial charge in [0.25, 0.3) is 0 Å². The van der Waals surface area contributed by atoms with Crippen molar-refractivity contribution in [3.63, 3.8) is 0 Å². The summed E-state index contributed by atoms with van der Waals surface area (Å²) in [6.07, 6.45) is 0.167. The number of alkyl halides is 3. The van der Waals surface area contributed by atoms with Crippen molar-refractivity contribution in [1.82, 2.24) is 15.2 Å². The monoisotopic (exact) mass is 416 g/mol. The molecule has 1 aliphatic heterocycles. The normalized spacial score (nSPS) is 23.2. The first kappa shape index (κ1) is 20.1. The maximum Gasteiger partial charge on any atom is 0.422 e. The third kappa shape index (κ3) is 3.82. The van der Waals surface area contributed by atoms with Crippen molar-refractivity contribution in [3.8, 4) is 5.88 Å². The molecule has 0 saturated carbocycles. The number of pyridine rings is 1. The molecular formula is C17H16ClF3N4O3. The van der Waals surface area contributed by atoms with Crippen LogP contribution in [-0.2, 0) is 16.1 Å². The van der Waals surface area contributed by atoms with E-state index in [4.69, 9.17) is 17.0 Å². The molecule has 7 nitrogen and oxygen atoms in total. The zero-order valence-electron chi connectivity index (χ0n) is 14.6. The number of carbonyl (C=O) groups is 2. The first-order valence-corrected chi connectivity index (χ1v) is 8.58. The number of carbonyl (C=O) groups excluding carboxylic acids is 2. The molecule has 2 heterocycles. The first-order valence-electron chi connectivity index (χ1n) is 8.20. The summed E-state index contributed by atoms with van der Waals surface area (Å²) in [6.45, 7) is 0.0758. The van der Waals surface area contributed by atoms with E-state index in [1.54, 1.807) is 12.2 Å². The number of hydrogen-bond donors (Lipinski definition) is 2. The summed E-state index contributed by atoms with van der Waals surface area (Å²) in [4.78, 5) is 29.1. The van der Waals surface area contributed by atoms with Gasteiger partial charge in [0.2, 0.25) is 17.7 Å². The second-order valence-electron chi connectivity index (χ2n) is 6.66. The minimum Gasteiger partial charge on any atom is -0.467 e. The van der Waals surface area contributed by atoms with Crippen molar-refractivity contribution >= 4 is 29.3 Å². The fourth-order valence-corrected chi connectivity index (χ4v) is 3.48. The van der Waals surface area contributed by atoms with Crippen LogP contribution in [0.4, 0.5) is 13.2 Å². The van der Waals surface area contributed by atoms with Crippen LogP contribution in [0.1, 0.15) is 12.5 Å². The molecule has 0 radical (unpaired) electrons. The minimum atomic E-state index is -4.51. The lowest BCUT2D eigenvalue weighted by atomic mass is 9.68. The van der Waals surface area contributed by atoms with Crippen molar-refractivity contribution in [1.29, 1.82) is 5.41 Å². The van der Waals surface area contributed by atoms with Gasteiger partial charge < -0.3 is 15.0 Å². The van der Waals surface area contributed by atoms with E-state index in [0.717, 1.165) is 0 Å². The van der Waals surface area contributed by atoms with Gasteiger partial charge in [0.15, 0.2) is 6.61 Å². The smallest absolute Gasteiger partial charge is 0.422 e. The van der Waals surface area contributed by atoms with Gasteiger partial charge in [-0.3, -0.25) is 15.0 Å². The van der Waals surface area contributed by atoms with Crippen molar-refractivity contribution in [2.75, 3.05) is 13.2 Å². The topological polar surface area (TPSA) is 95.4 Å². The number of amides is 2. The summed E-state index contributed by atoms with van der Waals surface area (Å²) >= 11 is 5.93. The van der Waals surface area contributed by atoms with Crippen LogP contribution in [0, 0.1) is 16.7 Å². The lowest BCUT2D eigenvalue weighted by Crippen LogP contribution is -2.49. The Morgan fingerprint density at radius 3 is 2.79 bits per heavy atom. The van der Waals surface area contributed by atoms with Gasteiger partial charge in [0.1, 0.15) is 10.9 Å². The summed E-state index contributed by atoms with van der Waals surface area (Å²) in [5.41, 5.74) is -0.379. The Kier molecular flexibility index (Phi) is 5.09. The molecule has 1 fully saturated rings. The molecule has 0 bridgehead atoms. The fraction of sp³-hybridized carbons (Fsp3) is 0.412. The quantitative estimate of drug-likeness (QED) is 0.437. The highest BCUT2D eigenvalue weighted by atomic mass is 35.5. The molecule has 0 spiro atoms. The van der Waals surface area contributed by atoms with Crippen LogP contribution in [-0.4, -0.2) is 46.9 Å². The van der Waals surface area contributed by atoms with E-state index in [0.29, 0.717) is 5.56 Å². The van der Waals surface area contributed by atoms with Crippen LogP contribution >= 0.6 is 11.6 Å². The van der Waals surface area contributed by atoms with Crippen LogP contribution < -0.4 is 10.1 Å².